The average molecular weight is 488 g/mol. The Morgan fingerprint density at radius 2 is 2.04 bits per heavy atom. The van der Waals surface area contributed by atoms with Gasteiger partial charge in [0.2, 0.25) is 0 Å². The van der Waals surface area contributed by atoms with Crippen LogP contribution in [0.25, 0.3) is 0 Å². The molecular weight excluding hydrogens is 459 g/mol. The molecule has 8 heteroatoms. The summed E-state index contributed by atoms with van der Waals surface area (Å²) in [7, 11) is 1.82. The molecule has 1 aliphatic rings. The first-order valence-corrected chi connectivity index (χ1v) is 10.1. The quantitative estimate of drug-likeness (QED) is 0.260. The predicted molar refractivity (Wildman–Crippen MR) is 119 cm³/mol. The van der Waals surface area contributed by atoms with E-state index in [0.29, 0.717) is 0 Å². The molecule has 2 N–H and O–H groups in total. The molecule has 0 saturated heterocycles. The highest BCUT2D eigenvalue weighted by Crippen LogP contribution is 2.27. The molecule has 0 unspecified atom stereocenters. The van der Waals surface area contributed by atoms with Crippen LogP contribution in [0.3, 0.4) is 0 Å². The van der Waals surface area contributed by atoms with E-state index in [1.54, 1.807) is 0 Å². The number of rotatable bonds is 8. The fourth-order valence-corrected chi connectivity index (χ4v) is 4.26. The van der Waals surface area contributed by atoms with Crippen LogP contribution in [0.5, 0.6) is 0 Å². The summed E-state index contributed by atoms with van der Waals surface area (Å²) in [4.78, 5) is 10.6. The molecular formula is C18H29IN6S. The highest BCUT2D eigenvalue weighted by molar-refractivity contribution is 14.0. The maximum absolute atomic E-state index is 4.81. The first-order chi connectivity index (χ1) is 12.3. The largest absolute Gasteiger partial charge is 0.356 e. The van der Waals surface area contributed by atoms with Gasteiger partial charge in [0.05, 0.1) is 10.7 Å². The fourth-order valence-electron chi connectivity index (χ4n) is 3.06. The summed E-state index contributed by atoms with van der Waals surface area (Å²) in [6, 6.07) is 1.95. The number of aromatic nitrogens is 3. The number of halogens is 1. The third-order valence-electron chi connectivity index (χ3n) is 4.39. The summed E-state index contributed by atoms with van der Waals surface area (Å²) < 4.78 is 1.95. The Morgan fingerprint density at radius 3 is 2.77 bits per heavy atom. The van der Waals surface area contributed by atoms with E-state index in [2.05, 4.69) is 20.7 Å². The maximum Gasteiger partial charge on any atom is 0.190 e. The van der Waals surface area contributed by atoms with Crippen LogP contribution >= 0.6 is 35.3 Å². The van der Waals surface area contributed by atoms with E-state index in [-0.39, 0.29) is 24.0 Å². The molecule has 0 spiro atoms. The number of hydrogen-bond acceptors (Lipinski definition) is 4. The first-order valence-electron chi connectivity index (χ1n) is 9.24. The Labute approximate surface area is 176 Å². The van der Waals surface area contributed by atoms with Crippen LogP contribution in [-0.4, -0.2) is 40.9 Å². The highest BCUT2D eigenvalue weighted by Gasteiger charge is 2.14. The van der Waals surface area contributed by atoms with Crippen molar-refractivity contribution in [1.82, 2.24) is 25.4 Å². The molecule has 144 valence electrons. The van der Waals surface area contributed by atoms with Crippen molar-refractivity contribution >= 4 is 41.3 Å². The van der Waals surface area contributed by atoms with Gasteiger partial charge in [-0.3, -0.25) is 9.67 Å². The van der Waals surface area contributed by atoms with Crippen LogP contribution in [0.1, 0.15) is 41.3 Å². The Morgan fingerprint density at radius 1 is 1.23 bits per heavy atom. The number of hydrogen-bond donors (Lipinski definition) is 2. The van der Waals surface area contributed by atoms with E-state index < -0.39 is 0 Å². The number of aliphatic imine (C=N–C) groups is 1. The number of aryl methyl sites for hydroxylation is 4. The third-order valence-corrected chi connectivity index (χ3v) is 5.61. The van der Waals surface area contributed by atoms with Crippen LogP contribution in [0, 0.1) is 0 Å². The van der Waals surface area contributed by atoms with E-state index >= 15 is 0 Å². The number of fused-ring (bicyclic) bond motifs is 1. The lowest BCUT2D eigenvalue weighted by atomic mass is 10.0. The van der Waals surface area contributed by atoms with Crippen LogP contribution in [0.2, 0.25) is 0 Å². The minimum atomic E-state index is 0. The zero-order chi connectivity index (χ0) is 17.3. The summed E-state index contributed by atoms with van der Waals surface area (Å²) in [5.41, 5.74) is 1.37. The van der Waals surface area contributed by atoms with Gasteiger partial charge in [0.25, 0.3) is 0 Å². The molecule has 0 atom stereocenters. The van der Waals surface area contributed by atoms with Crippen LogP contribution in [0.4, 0.5) is 0 Å². The summed E-state index contributed by atoms with van der Waals surface area (Å²) >= 11 is 1.92. The van der Waals surface area contributed by atoms with Crippen LogP contribution < -0.4 is 10.6 Å². The fraction of sp³-hybridized carbons (Fsp3) is 0.611. The predicted octanol–water partition coefficient (Wildman–Crippen LogP) is 3.02. The molecule has 6 nitrogen and oxygen atoms in total. The van der Waals surface area contributed by atoms with Gasteiger partial charge in [-0.15, -0.1) is 35.3 Å². The van der Waals surface area contributed by atoms with Crippen molar-refractivity contribution in [2.45, 2.75) is 51.5 Å². The smallest absolute Gasteiger partial charge is 0.190 e. The average Bonchev–Trinajstić information content (AvgIpc) is 3.29. The van der Waals surface area contributed by atoms with Crippen molar-refractivity contribution in [2.75, 3.05) is 20.1 Å². The molecule has 0 saturated carbocycles. The van der Waals surface area contributed by atoms with Gasteiger partial charge in [0.1, 0.15) is 0 Å². The van der Waals surface area contributed by atoms with Crippen molar-refractivity contribution in [1.29, 1.82) is 0 Å². The molecule has 26 heavy (non-hydrogen) atoms. The molecule has 0 aliphatic heterocycles. The zero-order valence-electron chi connectivity index (χ0n) is 15.4. The number of thiazole rings is 1. The second kappa shape index (κ2) is 11.5. The van der Waals surface area contributed by atoms with Gasteiger partial charge in [-0.1, -0.05) is 0 Å². The minimum absolute atomic E-state index is 0. The standard InChI is InChI=1S/C18H28N6S.HI/c1-19-18(21-11-5-13-24-14-6-12-22-24)20-10-4-9-17-23-15-7-2-3-8-16(15)25-17;/h6,12,14H,2-5,7-11,13H2,1H3,(H2,19,20,21);1H. The van der Waals surface area contributed by atoms with E-state index in [1.807, 2.05) is 41.5 Å². The molecule has 2 aromatic heterocycles. The molecule has 2 heterocycles. The van der Waals surface area contributed by atoms with Gasteiger partial charge in [-0.2, -0.15) is 5.10 Å². The molecule has 0 fully saturated rings. The van der Waals surface area contributed by atoms with Crippen LogP contribution in [-0.2, 0) is 25.8 Å². The van der Waals surface area contributed by atoms with Gasteiger partial charge in [-0.25, -0.2) is 4.98 Å². The topological polar surface area (TPSA) is 67.1 Å². The Balaban J connectivity index is 0.00000243. The first kappa shape index (κ1) is 21.1. The van der Waals surface area contributed by atoms with E-state index in [1.165, 1.54) is 41.3 Å². The maximum atomic E-state index is 4.81. The van der Waals surface area contributed by atoms with Gasteiger partial charge < -0.3 is 10.6 Å². The third kappa shape index (κ3) is 6.53. The molecule has 0 aromatic carbocycles. The highest BCUT2D eigenvalue weighted by atomic mass is 127. The molecule has 2 aromatic rings. The van der Waals surface area contributed by atoms with E-state index in [4.69, 9.17) is 4.98 Å². The Hall–Kier alpha value is -1.16. The summed E-state index contributed by atoms with van der Waals surface area (Å²) in [6.45, 7) is 2.73. The van der Waals surface area contributed by atoms with Crippen molar-refractivity contribution in [2.24, 2.45) is 4.99 Å². The van der Waals surface area contributed by atoms with E-state index in [0.717, 1.165) is 44.9 Å². The summed E-state index contributed by atoms with van der Waals surface area (Å²) in [5.74, 6) is 0.874. The molecule has 0 bridgehead atoms. The van der Waals surface area contributed by atoms with Gasteiger partial charge in [0.15, 0.2) is 5.96 Å². The van der Waals surface area contributed by atoms with Crippen molar-refractivity contribution < 1.29 is 0 Å². The van der Waals surface area contributed by atoms with Crippen molar-refractivity contribution in [3.05, 3.63) is 34.0 Å². The monoisotopic (exact) mass is 488 g/mol. The second-order valence-corrected chi connectivity index (χ2v) is 7.50. The lowest BCUT2D eigenvalue weighted by Crippen LogP contribution is -2.38. The van der Waals surface area contributed by atoms with Gasteiger partial charge >= 0.3 is 0 Å². The zero-order valence-corrected chi connectivity index (χ0v) is 18.6. The number of guanidine groups is 1. The SMILES string of the molecule is CN=C(NCCCc1nc2c(s1)CCCC2)NCCCn1cccn1.I. The lowest BCUT2D eigenvalue weighted by Gasteiger charge is -2.11. The lowest BCUT2D eigenvalue weighted by molar-refractivity contribution is 0.570. The van der Waals surface area contributed by atoms with E-state index in [9.17, 15) is 0 Å². The molecule has 0 radical (unpaired) electrons. The van der Waals surface area contributed by atoms with Crippen LogP contribution in [0.15, 0.2) is 23.5 Å². The van der Waals surface area contributed by atoms with Gasteiger partial charge in [0, 0.05) is 50.4 Å². The second-order valence-electron chi connectivity index (χ2n) is 6.34. The Kier molecular flexibility index (Phi) is 9.38. The number of nitrogens with one attached hydrogen (secondary N) is 2. The normalized spacial score (nSPS) is 13.8. The molecule has 0 amide bonds. The summed E-state index contributed by atoms with van der Waals surface area (Å²) in [6.07, 6.45) is 12.0. The van der Waals surface area contributed by atoms with Crippen molar-refractivity contribution in [3.63, 3.8) is 0 Å². The Bertz CT molecular complexity index is 644. The van der Waals surface area contributed by atoms with Crippen molar-refractivity contribution in [3.8, 4) is 0 Å². The number of nitrogens with zero attached hydrogens (tertiary/aromatic N) is 4. The molecule has 1 aliphatic carbocycles. The minimum Gasteiger partial charge on any atom is -0.356 e. The molecule has 3 rings (SSSR count). The summed E-state index contributed by atoms with van der Waals surface area (Å²) in [5, 5.41) is 12.2. The van der Waals surface area contributed by atoms with Gasteiger partial charge in [-0.05, 0) is 44.6 Å².